The number of hydrogen-bond acceptors (Lipinski definition) is 5. The van der Waals surface area contributed by atoms with Crippen LogP contribution in [-0.4, -0.2) is 41.8 Å². The van der Waals surface area contributed by atoms with E-state index < -0.39 is 0 Å². The first-order valence-electron chi connectivity index (χ1n) is 8.97. The fraction of sp³-hybridized carbons (Fsp3) is 0.500. The predicted octanol–water partition coefficient (Wildman–Crippen LogP) is 2.96. The summed E-state index contributed by atoms with van der Waals surface area (Å²) in [6.07, 6.45) is 0.357. The molecule has 26 heavy (non-hydrogen) atoms. The maximum Gasteiger partial charge on any atom is 0.257 e. The molecule has 0 saturated carbocycles. The van der Waals surface area contributed by atoms with Crippen LogP contribution in [-0.2, 0) is 4.79 Å². The second-order valence-corrected chi connectivity index (χ2v) is 7.64. The molecule has 6 nitrogen and oxygen atoms in total. The van der Waals surface area contributed by atoms with Crippen molar-refractivity contribution in [1.82, 2.24) is 10.2 Å². The van der Waals surface area contributed by atoms with E-state index in [1.54, 1.807) is 32.3 Å². The Bertz CT molecular complexity index is 728. The molecule has 0 aliphatic heterocycles. The third kappa shape index (κ3) is 4.00. The van der Waals surface area contributed by atoms with E-state index in [0.29, 0.717) is 29.6 Å². The van der Waals surface area contributed by atoms with E-state index in [-0.39, 0.29) is 29.0 Å². The minimum Gasteiger partial charge on any atom is -0.505 e. The van der Waals surface area contributed by atoms with E-state index in [2.05, 4.69) is 38.3 Å². The molecule has 0 spiro atoms. The first-order valence-corrected chi connectivity index (χ1v) is 8.97. The Kier molecular flexibility index (Phi) is 5.95. The van der Waals surface area contributed by atoms with Crippen LogP contribution >= 0.6 is 0 Å². The summed E-state index contributed by atoms with van der Waals surface area (Å²) in [5, 5.41) is 16.9. The molecule has 2 rings (SSSR count). The van der Waals surface area contributed by atoms with Crippen LogP contribution in [0.3, 0.4) is 0 Å². The molecule has 1 amide bonds. The summed E-state index contributed by atoms with van der Waals surface area (Å²) in [5.41, 5.74) is 1.86. The van der Waals surface area contributed by atoms with E-state index in [1.807, 2.05) is 0 Å². The predicted molar refractivity (Wildman–Crippen MR) is 103 cm³/mol. The van der Waals surface area contributed by atoms with Gasteiger partial charge >= 0.3 is 0 Å². The molecule has 0 heterocycles. The molecule has 0 atom stereocenters. The molecule has 3 N–H and O–H groups in total. The molecule has 1 aliphatic rings. The number of ketones is 1. The smallest absolute Gasteiger partial charge is 0.257 e. The third-order valence-electron chi connectivity index (χ3n) is 4.63. The molecule has 142 valence electrons. The first kappa shape index (κ1) is 19.8. The number of hydrogen-bond donors (Lipinski definition) is 3. The minimum atomic E-state index is -0.293. The van der Waals surface area contributed by atoms with E-state index in [9.17, 15) is 14.7 Å². The molecular formula is C20H29N3O3. The molecule has 1 aliphatic carbocycles. The Hall–Kier alpha value is -2.50. The Morgan fingerprint density at radius 1 is 1.15 bits per heavy atom. The van der Waals surface area contributed by atoms with Crippen LogP contribution in [0.15, 0.2) is 29.6 Å². The van der Waals surface area contributed by atoms with E-state index >= 15 is 0 Å². The average molecular weight is 359 g/mol. The van der Waals surface area contributed by atoms with Gasteiger partial charge in [-0.1, -0.05) is 33.8 Å². The molecule has 1 aromatic carbocycles. The molecule has 0 fully saturated rings. The fourth-order valence-electron chi connectivity index (χ4n) is 3.16. The van der Waals surface area contributed by atoms with Crippen molar-refractivity contribution in [2.24, 2.45) is 11.8 Å². The van der Waals surface area contributed by atoms with Gasteiger partial charge in [0, 0.05) is 25.8 Å². The zero-order chi connectivity index (χ0) is 19.6. The van der Waals surface area contributed by atoms with Gasteiger partial charge in [-0.15, -0.1) is 0 Å². The van der Waals surface area contributed by atoms with Crippen molar-refractivity contribution >= 4 is 17.4 Å². The number of rotatable bonds is 7. The lowest BCUT2D eigenvalue weighted by molar-refractivity contribution is -0.116. The molecule has 6 heteroatoms. The molecule has 0 aromatic heterocycles. The van der Waals surface area contributed by atoms with Gasteiger partial charge in [0.15, 0.2) is 11.5 Å². The van der Waals surface area contributed by atoms with Crippen LogP contribution in [0.2, 0.25) is 0 Å². The highest BCUT2D eigenvalue weighted by molar-refractivity contribution is 6.07. The van der Waals surface area contributed by atoms with Gasteiger partial charge in [-0.3, -0.25) is 9.59 Å². The van der Waals surface area contributed by atoms with Crippen LogP contribution in [0, 0.1) is 11.8 Å². The quantitative estimate of drug-likeness (QED) is 0.652. The van der Waals surface area contributed by atoms with Crippen molar-refractivity contribution in [1.29, 1.82) is 0 Å². The molecule has 0 saturated heterocycles. The first-order chi connectivity index (χ1) is 12.1. The number of benzene rings is 1. The number of Topliss-reactive ketones (excluding diaryl/α,β-unsaturated/α-hetero) is 1. The summed E-state index contributed by atoms with van der Waals surface area (Å²) < 4.78 is 0. The number of carbonyl (C=O) groups is 2. The summed E-state index contributed by atoms with van der Waals surface area (Å²) >= 11 is 0. The summed E-state index contributed by atoms with van der Waals surface area (Å²) in [4.78, 5) is 25.6. The van der Waals surface area contributed by atoms with Gasteiger partial charge in [-0.25, -0.2) is 0 Å². The Labute approximate surface area is 155 Å². The Morgan fingerprint density at radius 3 is 2.27 bits per heavy atom. The molecule has 0 radical (unpaired) electrons. The average Bonchev–Trinajstić information content (AvgIpc) is 2.55. The summed E-state index contributed by atoms with van der Waals surface area (Å²) in [6.45, 7) is 8.59. The number of nitrogens with one attached hydrogen (secondary N) is 2. The van der Waals surface area contributed by atoms with Gasteiger partial charge in [-0.05, 0) is 24.0 Å². The second kappa shape index (κ2) is 7.81. The highest BCUT2D eigenvalue weighted by Gasteiger charge is 2.31. The largest absolute Gasteiger partial charge is 0.505 e. The van der Waals surface area contributed by atoms with Crippen molar-refractivity contribution in [2.45, 2.75) is 40.2 Å². The maximum atomic E-state index is 12.2. The van der Waals surface area contributed by atoms with Gasteiger partial charge < -0.3 is 20.6 Å². The number of aromatic hydroxyl groups is 1. The number of nitrogens with zero attached hydrogens (tertiary/aromatic N) is 1. The maximum absolute atomic E-state index is 12.2. The molecule has 1 aromatic rings. The highest BCUT2D eigenvalue weighted by atomic mass is 16.3. The van der Waals surface area contributed by atoms with Gasteiger partial charge in [0.05, 0.1) is 17.7 Å². The molecular weight excluding hydrogens is 330 g/mol. The van der Waals surface area contributed by atoms with Gasteiger partial charge in [0.1, 0.15) is 5.70 Å². The van der Waals surface area contributed by atoms with Crippen molar-refractivity contribution < 1.29 is 14.7 Å². The SMILES string of the molecule is CC(C)C(NC1=C(Nc2cccc(C(=O)N(C)C)c2O)C(=O)C1)C(C)C. The second-order valence-electron chi connectivity index (χ2n) is 7.64. The van der Waals surface area contributed by atoms with Crippen molar-refractivity contribution in [3.63, 3.8) is 0 Å². The van der Waals surface area contributed by atoms with Gasteiger partial charge in [0.2, 0.25) is 0 Å². The Morgan fingerprint density at radius 2 is 1.77 bits per heavy atom. The fourth-order valence-corrected chi connectivity index (χ4v) is 3.16. The number of phenolic OH excluding ortho intramolecular Hbond substituents is 1. The van der Waals surface area contributed by atoms with Crippen LogP contribution < -0.4 is 10.6 Å². The van der Waals surface area contributed by atoms with Crippen LogP contribution in [0.1, 0.15) is 44.5 Å². The van der Waals surface area contributed by atoms with Crippen molar-refractivity contribution in [2.75, 3.05) is 19.4 Å². The number of carbonyl (C=O) groups excluding carboxylic acids is 2. The zero-order valence-corrected chi connectivity index (χ0v) is 16.4. The lowest BCUT2D eigenvalue weighted by atomic mass is 9.90. The normalized spacial score (nSPS) is 14.1. The van der Waals surface area contributed by atoms with Crippen LogP contribution in [0.4, 0.5) is 5.69 Å². The lowest BCUT2D eigenvalue weighted by Gasteiger charge is -2.33. The van der Waals surface area contributed by atoms with Crippen molar-refractivity contribution in [3.8, 4) is 5.75 Å². The lowest BCUT2D eigenvalue weighted by Crippen LogP contribution is -2.43. The highest BCUT2D eigenvalue weighted by Crippen LogP contribution is 2.33. The number of allylic oxidation sites excluding steroid dienone is 2. The zero-order valence-electron chi connectivity index (χ0n) is 16.4. The van der Waals surface area contributed by atoms with E-state index in [1.165, 1.54) is 4.90 Å². The monoisotopic (exact) mass is 359 g/mol. The number of phenols is 1. The van der Waals surface area contributed by atoms with Gasteiger partial charge in [0.25, 0.3) is 5.91 Å². The number of anilines is 1. The summed E-state index contributed by atoms with van der Waals surface area (Å²) in [5.74, 6) is 0.394. The van der Waals surface area contributed by atoms with Crippen LogP contribution in [0.25, 0.3) is 0 Å². The Balaban J connectivity index is 2.28. The molecule has 0 unspecified atom stereocenters. The standard InChI is InChI=1S/C20H29N3O3/c1-11(2)17(12(3)4)22-15-10-16(24)18(15)21-14-9-7-8-13(19(14)25)20(26)23(5)6/h7-9,11-12,17,21-22,25H,10H2,1-6H3. The topological polar surface area (TPSA) is 81.7 Å². The van der Waals surface area contributed by atoms with E-state index in [4.69, 9.17) is 0 Å². The number of para-hydroxylation sites is 1. The molecule has 0 bridgehead atoms. The van der Waals surface area contributed by atoms with Crippen molar-refractivity contribution in [3.05, 3.63) is 35.2 Å². The summed E-state index contributed by atoms with van der Waals surface area (Å²) in [7, 11) is 3.25. The minimum absolute atomic E-state index is 0.0116. The summed E-state index contributed by atoms with van der Waals surface area (Å²) in [6, 6.07) is 5.15. The van der Waals surface area contributed by atoms with Gasteiger partial charge in [-0.2, -0.15) is 0 Å². The van der Waals surface area contributed by atoms with Crippen LogP contribution in [0.5, 0.6) is 5.75 Å². The van der Waals surface area contributed by atoms with E-state index in [0.717, 1.165) is 5.70 Å². The number of amides is 1. The third-order valence-corrected chi connectivity index (χ3v) is 4.63.